The zero-order valence-electron chi connectivity index (χ0n) is 32.2. The minimum Gasteiger partial charge on any atom is -0.378 e. The maximum atomic E-state index is 5.73. The van der Waals surface area contributed by atoms with Crippen molar-refractivity contribution in [1.82, 2.24) is 4.98 Å². The van der Waals surface area contributed by atoms with Crippen LogP contribution in [0.4, 0.5) is 5.69 Å². The van der Waals surface area contributed by atoms with Gasteiger partial charge in [-0.15, -0.1) is 0 Å². The number of aromatic amines is 1. The first-order valence-corrected chi connectivity index (χ1v) is 20.3. The van der Waals surface area contributed by atoms with E-state index in [0.717, 1.165) is 33.9 Å². The van der Waals surface area contributed by atoms with Crippen molar-refractivity contribution in [1.29, 1.82) is 0 Å². The van der Waals surface area contributed by atoms with E-state index in [9.17, 15) is 0 Å². The Morgan fingerprint density at radius 1 is 0.466 bits per heavy atom. The quantitative estimate of drug-likeness (QED) is 0.192. The number of aromatic nitrogens is 1. The maximum absolute atomic E-state index is 5.73. The van der Waals surface area contributed by atoms with Crippen LogP contribution in [0.25, 0.3) is 39.1 Å². The largest absolute Gasteiger partial charge is 0.378 e. The SMILES string of the molecule is CN(C)c1ccc(/C(=C2/C=C3C(=N2)c2ccccc2C32c3ccccc3-c3ccccc32)c2cc3c([nH]2)-c2ccccc2C32c3ccccc3-c3ccccc32)cc1. The van der Waals surface area contributed by atoms with Crippen LogP contribution >= 0.6 is 0 Å². The fourth-order valence-corrected chi connectivity index (χ4v) is 11.5. The minimum atomic E-state index is -0.456. The first kappa shape index (κ1) is 31.9. The average Bonchev–Trinajstić information content (AvgIpc) is 4.11. The molecule has 13 rings (SSSR count). The van der Waals surface area contributed by atoms with Crippen LogP contribution in [0.5, 0.6) is 0 Å². The number of nitrogens with zero attached hydrogens (tertiary/aromatic N) is 2. The molecule has 58 heavy (non-hydrogen) atoms. The lowest BCUT2D eigenvalue weighted by Crippen LogP contribution is -2.26. The molecule has 0 radical (unpaired) electrons. The summed E-state index contributed by atoms with van der Waals surface area (Å²) in [5.74, 6) is 0. The van der Waals surface area contributed by atoms with E-state index in [0.29, 0.717) is 0 Å². The van der Waals surface area contributed by atoms with Gasteiger partial charge < -0.3 is 9.88 Å². The Labute approximate surface area is 338 Å². The first-order chi connectivity index (χ1) is 28.6. The summed E-state index contributed by atoms with van der Waals surface area (Å²) >= 11 is 0. The number of rotatable bonds is 3. The van der Waals surface area contributed by atoms with Crippen LogP contribution in [0.2, 0.25) is 0 Å². The summed E-state index contributed by atoms with van der Waals surface area (Å²) in [4.78, 5) is 12.0. The van der Waals surface area contributed by atoms with E-state index in [2.05, 4.69) is 206 Å². The molecule has 0 bridgehead atoms. The molecule has 2 heterocycles. The monoisotopic (exact) mass is 739 g/mol. The van der Waals surface area contributed by atoms with Gasteiger partial charge in [0.15, 0.2) is 0 Å². The molecule has 0 fully saturated rings. The van der Waals surface area contributed by atoms with Crippen LogP contribution < -0.4 is 4.90 Å². The van der Waals surface area contributed by atoms with Gasteiger partial charge in [0.05, 0.1) is 27.9 Å². The Morgan fingerprint density at radius 3 is 1.41 bits per heavy atom. The van der Waals surface area contributed by atoms with Gasteiger partial charge in [-0.2, -0.15) is 0 Å². The highest BCUT2D eigenvalue weighted by atomic mass is 15.1. The standard InChI is InChI=1S/C55H37N3/c1-58(2)34-29-27-33(28-30-34)51(49-31-47-52(56-49)39-19-7-13-25-45(39)54(47)41-21-9-3-15-35(41)36-16-4-10-22-42(36)54)50-32-48-53(57-50)40-20-8-14-26-46(40)55(48)43-23-11-5-17-37(43)38-18-6-12-24-44(38)55/h3-32,56H,1-2H3/b51-50+. The smallest absolute Gasteiger partial charge is 0.0761 e. The summed E-state index contributed by atoms with van der Waals surface area (Å²) in [6.07, 6.45) is 2.42. The molecular weight excluding hydrogens is 703 g/mol. The van der Waals surface area contributed by atoms with Crippen molar-refractivity contribution in [3.05, 3.63) is 249 Å². The maximum Gasteiger partial charge on any atom is 0.0761 e. The number of hydrogen-bond donors (Lipinski definition) is 1. The number of hydrogen-bond acceptors (Lipinski definition) is 2. The van der Waals surface area contributed by atoms with E-state index < -0.39 is 10.8 Å². The summed E-state index contributed by atoms with van der Waals surface area (Å²) in [5, 5.41) is 0. The van der Waals surface area contributed by atoms with Crippen LogP contribution in [0.1, 0.15) is 55.8 Å². The van der Waals surface area contributed by atoms with Gasteiger partial charge in [-0.1, -0.05) is 158 Å². The van der Waals surface area contributed by atoms with Gasteiger partial charge in [0.25, 0.3) is 0 Å². The molecule has 1 N–H and O–H groups in total. The van der Waals surface area contributed by atoms with Gasteiger partial charge in [-0.05, 0) is 91.0 Å². The van der Waals surface area contributed by atoms with Crippen LogP contribution in [0.3, 0.4) is 0 Å². The zero-order valence-corrected chi connectivity index (χ0v) is 32.2. The topological polar surface area (TPSA) is 31.4 Å². The summed E-state index contributed by atoms with van der Waals surface area (Å²) in [7, 11) is 4.20. The van der Waals surface area contributed by atoms with Gasteiger partial charge in [0.1, 0.15) is 0 Å². The van der Waals surface area contributed by atoms with Gasteiger partial charge in [-0.3, -0.25) is 0 Å². The normalized spacial score (nSPS) is 16.8. The first-order valence-electron chi connectivity index (χ1n) is 20.3. The van der Waals surface area contributed by atoms with E-state index in [4.69, 9.17) is 4.99 Å². The Bertz CT molecular complexity index is 3110. The third kappa shape index (κ3) is 3.73. The summed E-state index contributed by atoms with van der Waals surface area (Å²) in [6, 6.07) is 65.4. The molecule has 3 nitrogen and oxygen atoms in total. The lowest BCUT2D eigenvalue weighted by Gasteiger charge is -2.30. The molecule has 2 spiro atoms. The second kappa shape index (κ2) is 11.2. The van der Waals surface area contributed by atoms with Crippen molar-refractivity contribution < 1.29 is 0 Å². The highest BCUT2D eigenvalue weighted by molar-refractivity contribution is 6.24. The van der Waals surface area contributed by atoms with Crippen LogP contribution in [0, 0.1) is 0 Å². The number of allylic oxidation sites excluding steroid dienone is 2. The van der Waals surface area contributed by atoms with Crippen LogP contribution in [0.15, 0.2) is 198 Å². The van der Waals surface area contributed by atoms with Crippen molar-refractivity contribution >= 4 is 17.0 Å². The minimum absolute atomic E-state index is 0.435. The lowest BCUT2D eigenvalue weighted by atomic mass is 9.70. The number of aliphatic imine (C=N–C) groups is 1. The van der Waals surface area contributed by atoms with E-state index in [1.807, 2.05) is 0 Å². The molecule has 0 saturated heterocycles. The molecule has 5 aliphatic rings. The molecule has 0 atom stereocenters. The van der Waals surface area contributed by atoms with E-state index in [1.54, 1.807) is 0 Å². The van der Waals surface area contributed by atoms with Crippen LogP contribution in [-0.2, 0) is 10.8 Å². The van der Waals surface area contributed by atoms with Gasteiger partial charge in [0.2, 0.25) is 0 Å². The lowest BCUT2D eigenvalue weighted by molar-refractivity contribution is 0.795. The highest BCUT2D eigenvalue weighted by Crippen LogP contribution is 2.64. The number of H-pyrrole nitrogens is 1. The van der Waals surface area contributed by atoms with Gasteiger partial charge in [-0.25, -0.2) is 4.99 Å². The van der Waals surface area contributed by atoms with Crippen molar-refractivity contribution in [3.63, 3.8) is 0 Å². The number of fused-ring (bicyclic) bond motifs is 20. The molecule has 8 aromatic rings. The molecule has 272 valence electrons. The predicted molar refractivity (Wildman–Crippen MR) is 237 cm³/mol. The van der Waals surface area contributed by atoms with Crippen LogP contribution in [-0.4, -0.2) is 24.8 Å². The molecule has 3 heteroatoms. The fourth-order valence-electron chi connectivity index (χ4n) is 11.5. The molecule has 7 aromatic carbocycles. The van der Waals surface area contributed by atoms with E-state index >= 15 is 0 Å². The third-order valence-electron chi connectivity index (χ3n) is 13.7. The molecule has 1 aromatic heterocycles. The average molecular weight is 740 g/mol. The van der Waals surface area contributed by atoms with Crippen molar-refractivity contribution in [2.24, 2.45) is 4.99 Å². The highest BCUT2D eigenvalue weighted by Gasteiger charge is 2.56. The van der Waals surface area contributed by atoms with E-state index in [1.165, 1.54) is 83.6 Å². The summed E-state index contributed by atoms with van der Waals surface area (Å²) in [6.45, 7) is 0. The number of anilines is 1. The van der Waals surface area contributed by atoms with E-state index in [-0.39, 0.29) is 0 Å². The Hall–Kier alpha value is -7.23. The third-order valence-corrected chi connectivity index (χ3v) is 13.7. The zero-order chi connectivity index (χ0) is 38.3. The second-order valence-electron chi connectivity index (χ2n) is 16.5. The van der Waals surface area contributed by atoms with Gasteiger partial charge >= 0.3 is 0 Å². The fraction of sp³-hybridized carbons (Fsp3) is 0.0727. The molecular formula is C55H37N3. The Kier molecular flexibility index (Phi) is 6.17. The second-order valence-corrected chi connectivity index (χ2v) is 16.5. The molecule has 0 saturated carbocycles. The van der Waals surface area contributed by atoms with Crippen molar-refractivity contribution in [2.45, 2.75) is 10.8 Å². The Morgan fingerprint density at radius 2 is 0.897 bits per heavy atom. The molecule has 0 unspecified atom stereocenters. The van der Waals surface area contributed by atoms with Crippen molar-refractivity contribution in [2.75, 3.05) is 19.0 Å². The molecule has 0 amide bonds. The number of nitrogens with one attached hydrogen (secondary N) is 1. The van der Waals surface area contributed by atoms with Crippen molar-refractivity contribution in [3.8, 4) is 33.5 Å². The molecule has 4 aliphatic carbocycles. The number of benzene rings is 7. The summed E-state index contributed by atoms with van der Waals surface area (Å²) < 4.78 is 0. The van der Waals surface area contributed by atoms with Gasteiger partial charge in [0, 0.05) is 47.7 Å². The predicted octanol–water partition coefficient (Wildman–Crippen LogP) is 11.9. The Balaban J connectivity index is 1.11. The summed E-state index contributed by atoms with van der Waals surface area (Å²) in [5.41, 5.74) is 25.0. The molecule has 1 aliphatic heterocycles.